The summed E-state index contributed by atoms with van der Waals surface area (Å²) in [6.45, 7) is 3.66. The molecule has 2 N–H and O–H groups in total. The average Bonchev–Trinajstić information content (AvgIpc) is 3.16. The summed E-state index contributed by atoms with van der Waals surface area (Å²) < 4.78 is 5.57. The summed E-state index contributed by atoms with van der Waals surface area (Å²) >= 11 is 13.7. The van der Waals surface area contributed by atoms with Crippen LogP contribution in [-0.4, -0.2) is 23.6 Å². The number of rotatable bonds is 6. The second-order valence-corrected chi connectivity index (χ2v) is 9.60. The van der Waals surface area contributed by atoms with Gasteiger partial charge in [0.15, 0.2) is 11.8 Å². The van der Waals surface area contributed by atoms with Gasteiger partial charge in [0.25, 0.3) is 11.8 Å². The van der Waals surface area contributed by atoms with Crippen LogP contribution in [0.15, 0.2) is 70.6 Å². The molecule has 0 aromatic heterocycles. The van der Waals surface area contributed by atoms with Gasteiger partial charge >= 0.3 is 0 Å². The highest BCUT2D eigenvalue weighted by atomic mass is 35.5. The summed E-state index contributed by atoms with van der Waals surface area (Å²) in [6, 6.07) is 18.0. The van der Waals surface area contributed by atoms with E-state index in [4.69, 9.17) is 27.9 Å². The van der Waals surface area contributed by atoms with E-state index in [1.54, 1.807) is 30.3 Å². The predicted molar refractivity (Wildman–Crippen MR) is 144 cm³/mol. The number of amidine groups is 1. The van der Waals surface area contributed by atoms with Crippen LogP contribution in [0.3, 0.4) is 0 Å². The highest BCUT2D eigenvalue weighted by molar-refractivity contribution is 8.18. The normalized spacial score (nSPS) is 15.4. The van der Waals surface area contributed by atoms with E-state index in [1.165, 1.54) is 11.8 Å². The van der Waals surface area contributed by atoms with E-state index in [0.29, 0.717) is 42.8 Å². The van der Waals surface area contributed by atoms with Gasteiger partial charge in [-0.3, -0.25) is 9.59 Å². The Morgan fingerprint density at radius 2 is 1.86 bits per heavy atom. The lowest BCUT2D eigenvalue weighted by Crippen LogP contribution is -2.20. The number of hydrogen-bond acceptors (Lipinski definition) is 5. The Morgan fingerprint density at radius 1 is 1.09 bits per heavy atom. The summed E-state index contributed by atoms with van der Waals surface area (Å²) in [5, 5.41) is 6.94. The average molecular weight is 526 g/mol. The lowest BCUT2D eigenvalue weighted by atomic mass is 10.2. The minimum absolute atomic E-state index is 0.185. The minimum Gasteiger partial charge on any atom is -0.482 e. The van der Waals surface area contributed by atoms with Gasteiger partial charge in [-0.05, 0) is 79.2 Å². The molecule has 4 rings (SSSR count). The topological polar surface area (TPSA) is 79.8 Å². The van der Waals surface area contributed by atoms with Gasteiger partial charge in [-0.2, -0.15) is 0 Å². The Balaban J connectivity index is 1.39. The van der Waals surface area contributed by atoms with Crippen LogP contribution in [0, 0.1) is 13.8 Å². The fourth-order valence-electron chi connectivity index (χ4n) is 3.16. The molecule has 9 heteroatoms. The Kier molecular flexibility index (Phi) is 7.80. The maximum atomic E-state index is 12.4. The Bertz CT molecular complexity index is 1350. The number of anilines is 1. The highest BCUT2D eigenvalue weighted by Gasteiger charge is 2.24. The van der Waals surface area contributed by atoms with E-state index in [2.05, 4.69) is 15.6 Å². The number of hydrogen-bond donors (Lipinski definition) is 2. The second-order valence-electron chi connectivity index (χ2n) is 7.76. The van der Waals surface area contributed by atoms with Crippen molar-refractivity contribution in [2.75, 3.05) is 11.9 Å². The number of nitrogens with zero attached hydrogens (tertiary/aromatic N) is 1. The fraction of sp³-hybridized carbons (Fsp3) is 0.115. The van der Waals surface area contributed by atoms with E-state index >= 15 is 0 Å². The van der Waals surface area contributed by atoms with Gasteiger partial charge in [0.2, 0.25) is 0 Å². The van der Waals surface area contributed by atoms with Gasteiger partial charge in [0.1, 0.15) is 5.75 Å². The quantitative estimate of drug-likeness (QED) is 0.359. The number of thioether (sulfide) groups is 1. The summed E-state index contributed by atoms with van der Waals surface area (Å²) in [5.74, 6) is -0.176. The van der Waals surface area contributed by atoms with E-state index in [1.807, 2.05) is 50.2 Å². The number of ether oxygens (including phenoxy) is 1. The molecule has 1 aliphatic rings. The molecule has 1 fully saturated rings. The van der Waals surface area contributed by atoms with E-state index in [-0.39, 0.29) is 18.4 Å². The molecular weight excluding hydrogens is 505 g/mol. The van der Waals surface area contributed by atoms with E-state index in [0.717, 1.165) is 11.1 Å². The minimum atomic E-state index is -0.295. The largest absolute Gasteiger partial charge is 0.482 e. The second kappa shape index (κ2) is 11.0. The van der Waals surface area contributed by atoms with Crippen LogP contribution in [0.4, 0.5) is 11.4 Å². The molecule has 0 aliphatic carbocycles. The van der Waals surface area contributed by atoms with E-state index in [9.17, 15) is 9.59 Å². The van der Waals surface area contributed by atoms with Crippen molar-refractivity contribution in [2.45, 2.75) is 13.8 Å². The first-order chi connectivity index (χ1) is 16.8. The molecule has 0 atom stereocenters. The van der Waals surface area contributed by atoms with Crippen molar-refractivity contribution in [2.24, 2.45) is 4.99 Å². The van der Waals surface area contributed by atoms with Crippen LogP contribution in [0.2, 0.25) is 10.0 Å². The van der Waals surface area contributed by atoms with Crippen molar-refractivity contribution >= 4 is 69.4 Å². The van der Waals surface area contributed by atoms with Gasteiger partial charge in [-0.15, -0.1) is 0 Å². The molecule has 6 nitrogen and oxygen atoms in total. The molecule has 0 saturated carbocycles. The summed E-state index contributed by atoms with van der Waals surface area (Å²) in [6.07, 6.45) is 1.72. The number of nitrogens with one attached hydrogen (secondary N) is 2. The number of amides is 2. The number of aliphatic imine (C=N–C) groups is 1. The van der Waals surface area contributed by atoms with Gasteiger partial charge in [-0.25, -0.2) is 4.99 Å². The zero-order valence-electron chi connectivity index (χ0n) is 18.9. The molecule has 3 aromatic carbocycles. The third-order valence-corrected chi connectivity index (χ3v) is 6.67. The third kappa shape index (κ3) is 6.45. The number of aryl methyl sites for hydroxylation is 1. The zero-order chi connectivity index (χ0) is 24.9. The van der Waals surface area contributed by atoms with Crippen LogP contribution in [-0.2, 0) is 9.59 Å². The van der Waals surface area contributed by atoms with Gasteiger partial charge < -0.3 is 15.4 Å². The molecule has 35 heavy (non-hydrogen) atoms. The third-order valence-electron chi connectivity index (χ3n) is 5.06. The smallest absolute Gasteiger partial charge is 0.264 e. The summed E-state index contributed by atoms with van der Waals surface area (Å²) in [5.41, 5.74) is 4.04. The summed E-state index contributed by atoms with van der Waals surface area (Å²) in [4.78, 5) is 29.6. The standard InChI is InChI=1S/C26H21Cl2N3O3S/c1-15-6-9-18(10-7-15)29-24(32)14-34-22-11-8-17(12-20(22)28)13-23-25(33)31-26(35-23)30-21-5-3-4-19(27)16(21)2/h3-13H,14H2,1-2H3,(H,29,32)(H,30,31,33)/b23-13+. The molecule has 3 aromatic rings. The van der Waals surface area contributed by atoms with Crippen molar-refractivity contribution < 1.29 is 14.3 Å². The summed E-state index contributed by atoms with van der Waals surface area (Å²) in [7, 11) is 0. The van der Waals surface area contributed by atoms with Crippen molar-refractivity contribution in [1.82, 2.24) is 5.32 Å². The first-order valence-corrected chi connectivity index (χ1v) is 12.2. The molecular formula is C26H21Cl2N3O3S. The lowest BCUT2D eigenvalue weighted by molar-refractivity contribution is -0.118. The Morgan fingerprint density at radius 3 is 2.60 bits per heavy atom. The Labute approximate surface area is 217 Å². The van der Waals surface area contributed by atoms with Gasteiger partial charge in [-0.1, -0.05) is 53.0 Å². The highest BCUT2D eigenvalue weighted by Crippen LogP contribution is 2.32. The van der Waals surface area contributed by atoms with Crippen LogP contribution in [0.25, 0.3) is 6.08 Å². The van der Waals surface area contributed by atoms with Crippen molar-refractivity contribution in [3.05, 3.63) is 92.3 Å². The number of carbonyl (C=O) groups excluding carboxylic acids is 2. The van der Waals surface area contributed by atoms with E-state index < -0.39 is 0 Å². The lowest BCUT2D eigenvalue weighted by Gasteiger charge is -2.09. The Hall–Kier alpha value is -3.26. The van der Waals surface area contributed by atoms with Crippen molar-refractivity contribution in [3.8, 4) is 5.75 Å². The molecule has 1 saturated heterocycles. The number of carbonyl (C=O) groups is 2. The van der Waals surface area contributed by atoms with Gasteiger partial charge in [0, 0.05) is 10.7 Å². The number of benzene rings is 3. The molecule has 0 radical (unpaired) electrons. The maximum absolute atomic E-state index is 12.4. The molecule has 1 aliphatic heterocycles. The van der Waals surface area contributed by atoms with Crippen molar-refractivity contribution in [3.63, 3.8) is 0 Å². The molecule has 0 spiro atoms. The molecule has 1 heterocycles. The van der Waals surface area contributed by atoms with Crippen molar-refractivity contribution in [1.29, 1.82) is 0 Å². The first-order valence-electron chi connectivity index (χ1n) is 10.6. The van der Waals surface area contributed by atoms with Crippen LogP contribution in [0.5, 0.6) is 5.75 Å². The zero-order valence-corrected chi connectivity index (χ0v) is 21.2. The fourth-order valence-corrected chi connectivity index (χ4v) is 4.41. The molecule has 0 bridgehead atoms. The molecule has 2 amide bonds. The molecule has 0 unspecified atom stereocenters. The maximum Gasteiger partial charge on any atom is 0.264 e. The predicted octanol–water partition coefficient (Wildman–Crippen LogP) is 6.52. The van der Waals surface area contributed by atoms with Crippen LogP contribution >= 0.6 is 35.0 Å². The SMILES string of the molecule is Cc1ccc(NC(=O)COc2ccc(/C=C3/SC(=Nc4cccc(Cl)c4C)NC3=O)cc2Cl)cc1. The van der Waals surface area contributed by atoms with Crippen LogP contribution < -0.4 is 15.4 Å². The first kappa shape index (κ1) is 24.9. The molecule has 178 valence electrons. The monoisotopic (exact) mass is 525 g/mol. The van der Waals surface area contributed by atoms with Gasteiger partial charge in [0.05, 0.1) is 15.6 Å². The number of halogens is 2. The van der Waals surface area contributed by atoms with Crippen LogP contribution in [0.1, 0.15) is 16.7 Å².